The number of hydrogen-bond donors (Lipinski definition) is 2. The van der Waals surface area contributed by atoms with E-state index in [4.69, 9.17) is 24.7 Å². The van der Waals surface area contributed by atoms with Gasteiger partial charge in [-0.25, -0.2) is 4.79 Å². The fraction of sp³-hybridized carbons (Fsp3) is 0.615. The largest absolute Gasteiger partial charge is 0.492 e. The molecule has 1 heterocycles. The summed E-state index contributed by atoms with van der Waals surface area (Å²) in [5.74, 6) is -0.0122. The summed E-state index contributed by atoms with van der Waals surface area (Å²) in [7, 11) is 4.71. The van der Waals surface area contributed by atoms with E-state index in [2.05, 4.69) is 5.32 Å². The summed E-state index contributed by atoms with van der Waals surface area (Å²) in [5.41, 5.74) is 6.21. The first-order chi connectivity index (χ1) is 10.1. The molecule has 1 rings (SSSR count). The molecule has 8 heteroatoms. The molecule has 0 saturated heterocycles. The van der Waals surface area contributed by atoms with Gasteiger partial charge in [-0.3, -0.25) is 0 Å². The van der Waals surface area contributed by atoms with Crippen molar-refractivity contribution in [3.63, 3.8) is 0 Å². The molecule has 0 aliphatic rings. The molecule has 0 bridgehead atoms. The number of esters is 1. The minimum absolute atomic E-state index is 0.117. The third-order valence-corrected chi connectivity index (χ3v) is 3.87. The number of methoxy groups -OCH3 is 3. The Labute approximate surface area is 128 Å². The van der Waals surface area contributed by atoms with Crippen LogP contribution in [0.4, 0.5) is 10.7 Å². The summed E-state index contributed by atoms with van der Waals surface area (Å²) in [6.45, 7) is 2.99. The number of carbonyl (C=O) groups is 1. The predicted molar refractivity (Wildman–Crippen MR) is 82.4 cm³/mol. The van der Waals surface area contributed by atoms with Gasteiger partial charge in [0.15, 0.2) is 5.75 Å². The van der Waals surface area contributed by atoms with Gasteiger partial charge in [0.1, 0.15) is 15.6 Å². The number of nitrogen functional groups attached to an aromatic ring is 1. The van der Waals surface area contributed by atoms with Crippen molar-refractivity contribution in [1.29, 1.82) is 0 Å². The Morgan fingerprint density at radius 1 is 1.38 bits per heavy atom. The average molecular weight is 318 g/mol. The lowest BCUT2D eigenvalue weighted by molar-refractivity contribution is 0.0366. The minimum atomic E-state index is -0.452. The van der Waals surface area contributed by atoms with Crippen molar-refractivity contribution >= 4 is 28.0 Å². The Balaban J connectivity index is 2.86. The lowest BCUT2D eigenvalue weighted by Crippen LogP contribution is -2.26. The second kappa shape index (κ2) is 8.71. The van der Waals surface area contributed by atoms with E-state index in [0.717, 1.165) is 0 Å². The Morgan fingerprint density at radius 3 is 2.62 bits per heavy atom. The molecular formula is C13H22N2O5S. The Kier molecular flexibility index (Phi) is 7.27. The maximum atomic E-state index is 11.8. The molecule has 0 aromatic carbocycles. The van der Waals surface area contributed by atoms with Crippen molar-refractivity contribution in [2.45, 2.75) is 13.0 Å². The third-order valence-electron chi connectivity index (χ3n) is 2.74. The molecule has 7 nitrogen and oxygen atoms in total. The average Bonchev–Trinajstić information content (AvgIpc) is 2.79. The Hall–Kier alpha value is -1.51. The molecule has 120 valence electrons. The summed E-state index contributed by atoms with van der Waals surface area (Å²) in [6, 6.07) is 0. The summed E-state index contributed by atoms with van der Waals surface area (Å²) in [5, 5.41) is 3.82. The summed E-state index contributed by atoms with van der Waals surface area (Å²) >= 11 is 1.20. The summed E-state index contributed by atoms with van der Waals surface area (Å²) in [6.07, 6.45) is -0.117. The molecule has 0 aliphatic carbocycles. The van der Waals surface area contributed by atoms with Gasteiger partial charge in [0, 0.05) is 20.8 Å². The van der Waals surface area contributed by atoms with E-state index in [0.29, 0.717) is 35.4 Å². The molecule has 0 saturated carbocycles. The zero-order valence-corrected chi connectivity index (χ0v) is 13.5. The lowest BCUT2D eigenvalue weighted by atomic mass is 10.3. The fourth-order valence-electron chi connectivity index (χ4n) is 1.70. The van der Waals surface area contributed by atoms with Crippen molar-refractivity contribution in [3.8, 4) is 5.75 Å². The summed E-state index contributed by atoms with van der Waals surface area (Å²) < 4.78 is 20.5. The van der Waals surface area contributed by atoms with E-state index >= 15 is 0 Å². The molecule has 1 atom stereocenters. The van der Waals surface area contributed by atoms with Gasteiger partial charge in [-0.15, -0.1) is 11.3 Å². The number of hydrogen-bond acceptors (Lipinski definition) is 8. The smallest absolute Gasteiger partial charge is 0.350 e. The van der Waals surface area contributed by atoms with Crippen LogP contribution in [0.3, 0.4) is 0 Å². The van der Waals surface area contributed by atoms with Crippen LogP contribution in [-0.2, 0) is 14.2 Å². The molecule has 3 N–H and O–H groups in total. The monoisotopic (exact) mass is 318 g/mol. The molecule has 0 radical (unpaired) electrons. The molecule has 1 aromatic heterocycles. The molecule has 0 spiro atoms. The fourth-order valence-corrected chi connectivity index (χ4v) is 2.69. The first-order valence-electron chi connectivity index (χ1n) is 6.47. The van der Waals surface area contributed by atoms with Gasteiger partial charge in [0.25, 0.3) is 0 Å². The number of ether oxygens (including phenoxy) is 4. The van der Waals surface area contributed by atoms with Gasteiger partial charge in [-0.2, -0.15) is 0 Å². The van der Waals surface area contributed by atoms with Crippen molar-refractivity contribution in [2.75, 3.05) is 52.1 Å². The minimum Gasteiger partial charge on any atom is -0.492 e. The van der Waals surface area contributed by atoms with Crippen LogP contribution in [0.15, 0.2) is 0 Å². The molecule has 1 unspecified atom stereocenters. The van der Waals surface area contributed by atoms with Crippen molar-refractivity contribution in [2.24, 2.45) is 0 Å². The van der Waals surface area contributed by atoms with Crippen LogP contribution in [0.25, 0.3) is 0 Å². The van der Waals surface area contributed by atoms with Gasteiger partial charge in [0.2, 0.25) is 0 Å². The number of nitrogens with one attached hydrogen (secondary N) is 1. The predicted octanol–water partition coefficient (Wildman–Crippen LogP) is 1.59. The van der Waals surface area contributed by atoms with E-state index in [9.17, 15) is 4.79 Å². The van der Waals surface area contributed by atoms with E-state index < -0.39 is 5.97 Å². The standard InChI is InChI=1S/C13H22N2O5S/c1-5-20-13(16)11-9(14)10(19-4)12(21-11)15-6-8(18-3)7-17-2/h8,15H,5-7,14H2,1-4H3. The van der Waals surface area contributed by atoms with Crippen molar-refractivity contribution in [1.82, 2.24) is 0 Å². The van der Waals surface area contributed by atoms with Crippen LogP contribution >= 0.6 is 11.3 Å². The van der Waals surface area contributed by atoms with Gasteiger partial charge in [-0.05, 0) is 6.92 Å². The topological polar surface area (TPSA) is 92.0 Å². The number of thiophene rings is 1. The van der Waals surface area contributed by atoms with Crippen molar-refractivity contribution < 1.29 is 23.7 Å². The van der Waals surface area contributed by atoms with E-state index in [1.165, 1.54) is 18.4 Å². The number of carbonyl (C=O) groups excluding carboxylic acids is 1. The molecule has 1 aromatic rings. The highest BCUT2D eigenvalue weighted by atomic mass is 32.1. The number of anilines is 2. The van der Waals surface area contributed by atoms with Crippen LogP contribution in [0.1, 0.15) is 16.6 Å². The Morgan fingerprint density at radius 2 is 2.10 bits per heavy atom. The normalized spacial score (nSPS) is 12.0. The van der Waals surface area contributed by atoms with Crippen LogP contribution in [-0.4, -0.2) is 53.2 Å². The van der Waals surface area contributed by atoms with Crippen LogP contribution in [0, 0.1) is 0 Å². The molecule has 0 aliphatic heterocycles. The molecular weight excluding hydrogens is 296 g/mol. The maximum absolute atomic E-state index is 11.8. The zero-order valence-electron chi connectivity index (χ0n) is 12.7. The summed E-state index contributed by atoms with van der Waals surface area (Å²) in [4.78, 5) is 12.2. The molecule has 0 amide bonds. The van der Waals surface area contributed by atoms with Gasteiger partial charge < -0.3 is 30.0 Å². The van der Waals surface area contributed by atoms with Crippen molar-refractivity contribution in [3.05, 3.63) is 4.88 Å². The van der Waals surface area contributed by atoms with Crippen LogP contribution in [0.5, 0.6) is 5.75 Å². The highest BCUT2D eigenvalue weighted by Crippen LogP contribution is 2.42. The first kappa shape index (κ1) is 17.5. The molecule has 0 fully saturated rings. The second-order valence-corrected chi connectivity index (χ2v) is 5.14. The highest BCUT2D eigenvalue weighted by Gasteiger charge is 2.23. The quantitative estimate of drug-likeness (QED) is 0.668. The van der Waals surface area contributed by atoms with Gasteiger partial charge >= 0.3 is 5.97 Å². The first-order valence-corrected chi connectivity index (χ1v) is 7.29. The van der Waals surface area contributed by atoms with E-state index in [1.807, 2.05) is 0 Å². The van der Waals surface area contributed by atoms with Gasteiger partial charge in [0.05, 0.1) is 26.4 Å². The van der Waals surface area contributed by atoms with E-state index in [1.54, 1.807) is 21.1 Å². The zero-order chi connectivity index (χ0) is 15.8. The maximum Gasteiger partial charge on any atom is 0.350 e. The Bertz CT molecular complexity index is 464. The lowest BCUT2D eigenvalue weighted by Gasteiger charge is -2.15. The highest BCUT2D eigenvalue weighted by molar-refractivity contribution is 7.19. The van der Waals surface area contributed by atoms with Crippen LogP contribution in [0.2, 0.25) is 0 Å². The SMILES string of the molecule is CCOC(=O)c1sc(NCC(COC)OC)c(OC)c1N. The number of rotatable bonds is 9. The van der Waals surface area contributed by atoms with Crippen LogP contribution < -0.4 is 15.8 Å². The molecule has 21 heavy (non-hydrogen) atoms. The third kappa shape index (κ3) is 4.48. The van der Waals surface area contributed by atoms with Gasteiger partial charge in [-0.1, -0.05) is 0 Å². The van der Waals surface area contributed by atoms with E-state index in [-0.39, 0.29) is 11.8 Å². The second-order valence-electron chi connectivity index (χ2n) is 4.12. The number of nitrogens with two attached hydrogens (primary N) is 1.